The number of benzene rings is 2. The van der Waals surface area contributed by atoms with E-state index >= 15 is 0 Å². The number of phenolic OH excluding ortho intramolecular Hbond substituents is 1. The highest BCUT2D eigenvalue weighted by Crippen LogP contribution is 2.61. The van der Waals surface area contributed by atoms with Crippen molar-refractivity contribution in [2.75, 3.05) is 6.54 Å². The molecule has 5 atom stereocenters. The van der Waals surface area contributed by atoms with Gasteiger partial charge in [0.25, 0.3) is 0 Å². The predicted molar refractivity (Wildman–Crippen MR) is 132 cm³/mol. The summed E-state index contributed by atoms with van der Waals surface area (Å²) in [6.07, 6.45) is 6.22. The fourth-order valence-corrected chi connectivity index (χ4v) is 7.54. The van der Waals surface area contributed by atoms with E-state index in [0.29, 0.717) is 30.0 Å². The van der Waals surface area contributed by atoms with Crippen molar-refractivity contribution in [2.45, 2.75) is 68.9 Å². The van der Waals surface area contributed by atoms with Gasteiger partial charge in [0.1, 0.15) is 11.9 Å². The van der Waals surface area contributed by atoms with E-state index in [2.05, 4.69) is 18.3 Å². The number of ether oxygens (including phenoxy) is 1. The van der Waals surface area contributed by atoms with E-state index in [1.54, 1.807) is 12.1 Å². The molecule has 3 aliphatic carbocycles. The van der Waals surface area contributed by atoms with E-state index in [9.17, 15) is 18.3 Å². The molecular weight excluding hydrogens is 464 g/mol. The molecule has 7 nitrogen and oxygen atoms in total. The van der Waals surface area contributed by atoms with Gasteiger partial charge in [-0.15, -0.1) is 0 Å². The molecule has 35 heavy (non-hydrogen) atoms. The van der Waals surface area contributed by atoms with Crippen molar-refractivity contribution in [2.24, 2.45) is 22.4 Å². The zero-order valence-corrected chi connectivity index (χ0v) is 20.9. The minimum absolute atomic E-state index is 0.00873. The van der Waals surface area contributed by atoms with Gasteiger partial charge in [0.2, 0.25) is 10.0 Å². The van der Waals surface area contributed by atoms with Crippen LogP contribution in [0.3, 0.4) is 0 Å². The Hall–Kier alpha value is -2.42. The largest absolute Gasteiger partial charge is 0.508 e. The summed E-state index contributed by atoms with van der Waals surface area (Å²) in [5.74, 6) is 1.79. The fourth-order valence-electron chi connectivity index (χ4n) is 7.02. The summed E-state index contributed by atoms with van der Waals surface area (Å²) in [4.78, 5) is 12.7. The van der Waals surface area contributed by atoms with E-state index in [1.165, 1.54) is 23.3 Å². The molecule has 3 aliphatic rings. The maximum absolute atomic E-state index is 12.7. The van der Waals surface area contributed by atoms with Crippen LogP contribution in [0.15, 0.2) is 47.4 Å². The van der Waals surface area contributed by atoms with Crippen LogP contribution in [0.5, 0.6) is 5.75 Å². The highest BCUT2D eigenvalue weighted by atomic mass is 32.2. The van der Waals surface area contributed by atoms with Crippen molar-refractivity contribution in [3.63, 3.8) is 0 Å². The predicted octanol–water partition coefficient (Wildman–Crippen LogP) is 3.60. The molecule has 2 aromatic carbocycles. The van der Waals surface area contributed by atoms with Crippen LogP contribution in [0.25, 0.3) is 0 Å². The number of rotatable bonds is 6. The number of sulfonamides is 1. The molecule has 0 radical (unpaired) electrons. The maximum Gasteiger partial charge on any atom is 0.320 e. The minimum Gasteiger partial charge on any atom is -0.508 e. The van der Waals surface area contributed by atoms with E-state index in [-0.39, 0.29) is 28.9 Å². The van der Waals surface area contributed by atoms with Gasteiger partial charge >= 0.3 is 5.97 Å². The molecule has 8 heteroatoms. The van der Waals surface area contributed by atoms with Crippen LogP contribution in [0.2, 0.25) is 0 Å². The number of carbonyl (C=O) groups excluding carboxylic acids is 1. The first-order valence-electron chi connectivity index (χ1n) is 12.5. The first-order valence-corrected chi connectivity index (χ1v) is 14.0. The minimum atomic E-state index is -3.71. The Balaban J connectivity index is 1.17. The number of aromatic hydroxyl groups is 1. The van der Waals surface area contributed by atoms with Crippen molar-refractivity contribution in [1.29, 1.82) is 0 Å². The van der Waals surface area contributed by atoms with Crippen molar-refractivity contribution >= 4 is 16.0 Å². The standard InChI is InChI=1S/C27H34N2O5S/c1-27-13-12-22-21-9-5-19(30)14-18(21)4-8-23(22)24(27)10-11-25(27)34-26(31)16-29-15-17-2-6-20(7-3-17)35(28,32)33/h2-3,5-7,9,14,22-25,29-30H,4,8,10-13,15-16H2,1H3,(H2,28,32,33)/t22?,23?,24?,25-,27-/m0/s1. The lowest BCUT2D eigenvalue weighted by atomic mass is 9.55. The Morgan fingerprint density at radius 2 is 1.91 bits per heavy atom. The van der Waals surface area contributed by atoms with E-state index in [4.69, 9.17) is 9.88 Å². The maximum atomic E-state index is 12.7. The summed E-state index contributed by atoms with van der Waals surface area (Å²) in [7, 11) is -3.71. The number of carbonyl (C=O) groups is 1. The first-order chi connectivity index (χ1) is 16.6. The number of hydrogen-bond acceptors (Lipinski definition) is 6. The molecule has 5 rings (SSSR count). The molecule has 0 bridgehead atoms. The highest BCUT2D eigenvalue weighted by molar-refractivity contribution is 7.89. The summed E-state index contributed by atoms with van der Waals surface area (Å²) in [6.45, 7) is 2.85. The zero-order chi connectivity index (χ0) is 24.8. The van der Waals surface area contributed by atoms with Crippen LogP contribution < -0.4 is 10.5 Å². The Labute approximate surface area is 207 Å². The SMILES string of the molecule is C[C@]12CCC3c4ccc(O)cc4CCC3C1CC[C@@H]2OC(=O)CNCc1ccc(S(N)(=O)=O)cc1. The molecule has 3 unspecified atom stereocenters. The van der Waals surface area contributed by atoms with Gasteiger partial charge in [0, 0.05) is 12.0 Å². The highest BCUT2D eigenvalue weighted by Gasteiger charge is 2.56. The van der Waals surface area contributed by atoms with Crippen LogP contribution in [-0.2, 0) is 32.5 Å². The second-order valence-electron chi connectivity index (χ2n) is 10.7. The van der Waals surface area contributed by atoms with Gasteiger partial charge in [-0.1, -0.05) is 25.1 Å². The van der Waals surface area contributed by atoms with Gasteiger partial charge in [-0.05, 0) is 97.2 Å². The number of primary sulfonamides is 1. The van der Waals surface area contributed by atoms with Gasteiger partial charge in [-0.25, -0.2) is 13.6 Å². The first kappa shape index (κ1) is 24.3. The number of nitrogens with two attached hydrogens (primary N) is 1. The Morgan fingerprint density at radius 1 is 1.14 bits per heavy atom. The van der Waals surface area contributed by atoms with Crippen LogP contribution in [0.1, 0.15) is 61.6 Å². The molecule has 0 aliphatic heterocycles. The van der Waals surface area contributed by atoms with E-state index < -0.39 is 10.0 Å². The molecule has 0 aromatic heterocycles. The third-order valence-corrected chi connectivity index (χ3v) is 9.68. The van der Waals surface area contributed by atoms with E-state index in [1.807, 2.05) is 12.1 Å². The average molecular weight is 499 g/mol. The van der Waals surface area contributed by atoms with Crippen LogP contribution in [-0.4, -0.2) is 32.1 Å². The quantitative estimate of drug-likeness (QED) is 0.524. The topological polar surface area (TPSA) is 119 Å². The number of nitrogens with one attached hydrogen (secondary N) is 1. The third-order valence-electron chi connectivity index (χ3n) is 8.75. The van der Waals surface area contributed by atoms with Gasteiger partial charge in [0.05, 0.1) is 11.4 Å². The number of phenols is 1. The summed E-state index contributed by atoms with van der Waals surface area (Å²) < 4.78 is 28.8. The monoisotopic (exact) mass is 498 g/mol. The summed E-state index contributed by atoms with van der Waals surface area (Å²) in [6, 6.07) is 12.2. The molecule has 4 N–H and O–H groups in total. The van der Waals surface area contributed by atoms with Crippen LogP contribution >= 0.6 is 0 Å². The smallest absolute Gasteiger partial charge is 0.320 e. The number of hydrogen-bond donors (Lipinski definition) is 3. The lowest BCUT2D eigenvalue weighted by Gasteiger charge is -2.50. The van der Waals surface area contributed by atoms with Gasteiger partial charge in [-0.2, -0.15) is 0 Å². The van der Waals surface area contributed by atoms with Crippen LogP contribution in [0.4, 0.5) is 0 Å². The van der Waals surface area contributed by atoms with Gasteiger partial charge in [-0.3, -0.25) is 4.79 Å². The Kier molecular flexibility index (Phi) is 6.40. The zero-order valence-electron chi connectivity index (χ0n) is 20.1. The molecular formula is C27H34N2O5S. The molecule has 2 fully saturated rings. The molecule has 0 heterocycles. The normalized spacial score (nSPS) is 29.7. The number of aryl methyl sites for hydroxylation is 1. The number of fused-ring (bicyclic) bond motifs is 5. The molecule has 0 amide bonds. The Morgan fingerprint density at radius 3 is 2.66 bits per heavy atom. The molecule has 2 aromatic rings. The summed E-state index contributed by atoms with van der Waals surface area (Å²) >= 11 is 0. The second kappa shape index (κ2) is 9.22. The Bertz CT molecular complexity index is 1210. The molecule has 0 spiro atoms. The molecule has 188 valence electrons. The lowest BCUT2D eigenvalue weighted by molar-refractivity contribution is -0.156. The third kappa shape index (κ3) is 4.71. The summed E-state index contributed by atoms with van der Waals surface area (Å²) in [5.41, 5.74) is 3.57. The van der Waals surface area contributed by atoms with Crippen LogP contribution in [0, 0.1) is 17.3 Å². The van der Waals surface area contributed by atoms with E-state index in [0.717, 1.165) is 44.1 Å². The number of esters is 1. The van der Waals surface area contributed by atoms with Crippen molar-refractivity contribution in [3.05, 3.63) is 59.2 Å². The summed E-state index contributed by atoms with van der Waals surface area (Å²) in [5, 5.41) is 18.1. The van der Waals surface area contributed by atoms with Crippen molar-refractivity contribution in [1.82, 2.24) is 5.32 Å². The average Bonchev–Trinajstić information content (AvgIpc) is 3.14. The van der Waals surface area contributed by atoms with Crippen molar-refractivity contribution in [3.8, 4) is 5.75 Å². The molecule has 0 saturated heterocycles. The van der Waals surface area contributed by atoms with Crippen molar-refractivity contribution < 1.29 is 23.1 Å². The molecule has 2 saturated carbocycles. The lowest BCUT2D eigenvalue weighted by Crippen LogP contribution is -2.45. The second-order valence-corrected chi connectivity index (χ2v) is 12.3. The van der Waals surface area contributed by atoms with Gasteiger partial charge in [0.15, 0.2) is 0 Å². The fraction of sp³-hybridized carbons (Fsp3) is 0.519. The van der Waals surface area contributed by atoms with Gasteiger partial charge < -0.3 is 15.2 Å².